The first-order valence-corrected chi connectivity index (χ1v) is 8.18. The molecule has 0 aliphatic heterocycles. The smallest absolute Gasteiger partial charge is 0.220 e. The number of aldehydes is 1. The summed E-state index contributed by atoms with van der Waals surface area (Å²) in [6.45, 7) is 2.11. The SMILES string of the molecule is COc1cc(OC)nc(SC(C=O)CC(C)c2ccccc2)n1. The van der Waals surface area contributed by atoms with Crippen LogP contribution in [0.25, 0.3) is 0 Å². The van der Waals surface area contributed by atoms with E-state index in [-0.39, 0.29) is 11.2 Å². The first kappa shape index (κ1) is 17.3. The van der Waals surface area contributed by atoms with Crippen LogP contribution in [0, 0.1) is 0 Å². The van der Waals surface area contributed by atoms with Gasteiger partial charge in [0.15, 0.2) is 5.16 Å². The molecule has 0 N–H and O–H groups in total. The number of hydrogen-bond acceptors (Lipinski definition) is 6. The highest BCUT2D eigenvalue weighted by atomic mass is 32.2. The molecule has 0 saturated carbocycles. The Kier molecular flexibility index (Phi) is 6.40. The minimum atomic E-state index is -0.234. The Morgan fingerprint density at radius 2 is 1.74 bits per heavy atom. The third-order valence-corrected chi connectivity index (χ3v) is 4.44. The zero-order valence-electron chi connectivity index (χ0n) is 13.4. The van der Waals surface area contributed by atoms with Gasteiger partial charge in [-0.25, -0.2) is 0 Å². The average Bonchev–Trinajstić information content (AvgIpc) is 2.61. The van der Waals surface area contributed by atoms with E-state index in [1.54, 1.807) is 6.07 Å². The Labute approximate surface area is 140 Å². The Morgan fingerprint density at radius 3 is 2.26 bits per heavy atom. The van der Waals surface area contributed by atoms with Crippen molar-refractivity contribution in [2.24, 2.45) is 0 Å². The average molecular weight is 332 g/mol. The minimum Gasteiger partial charge on any atom is -0.481 e. The lowest BCUT2D eigenvalue weighted by Gasteiger charge is -2.16. The standard InChI is InChI=1S/C17H20N2O3S/c1-12(13-7-5-4-6-8-13)9-14(11-20)23-17-18-15(21-2)10-16(19-17)22-3/h4-8,10-12,14H,9H2,1-3H3. The highest BCUT2D eigenvalue weighted by Crippen LogP contribution is 2.30. The van der Waals surface area contributed by atoms with Crippen LogP contribution in [0.5, 0.6) is 11.8 Å². The topological polar surface area (TPSA) is 61.3 Å². The summed E-state index contributed by atoms with van der Waals surface area (Å²) in [4.78, 5) is 20.0. The second kappa shape index (κ2) is 8.53. The van der Waals surface area contributed by atoms with E-state index in [9.17, 15) is 4.79 Å². The van der Waals surface area contributed by atoms with Gasteiger partial charge in [0.25, 0.3) is 0 Å². The zero-order valence-corrected chi connectivity index (χ0v) is 14.2. The summed E-state index contributed by atoms with van der Waals surface area (Å²) < 4.78 is 10.3. The second-order valence-electron chi connectivity index (χ2n) is 5.08. The third-order valence-electron chi connectivity index (χ3n) is 3.44. The molecule has 122 valence electrons. The van der Waals surface area contributed by atoms with Gasteiger partial charge < -0.3 is 14.3 Å². The number of benzene rings is 1. The maximum Gasteiger partial charge on any atom is 0.220 e. The monoisotopic (exact) mass is 332 g/mol. The fourth-order valence-electron chi connectivity index (χ4n) is 2.18. The molecule has 0 aliphatic carbocycles. The van der Waals surface area contributed by atoms with E-state index in [1.807, 2.05) is 18.2 Å². The van der Waals surface area contributed by atoms with E-state index in [4.69, 9.17) is 9.47 Å². The third kappa shape index (κ3) is 4.96. The molecule has 6 heteroatoms. The van der Waals surface area contributed by atoms with Crippen LogP contribution >= 0.6 is 11.8 Å². The number of ether oxygens (including phenoxy) is 2. The first-order chi connectivity index (χ1) is 11.2. The molecule has 0 bridgehead atoms. The van der Waals surface area contributed by atoms with Gasteiger partial charge in [0.05, 0.1) is 25.5 Å². The fraction of sp³-hybridized carbons (Fsp3) is 0.353. The molecule has 0 spiro atoms. The summed E-state index contributed by atoms with van der Waals surface area (Å²) in [6, 6.07) is 11.7. The number of carbonyl (C=O) groups is 1. The van der Waals surface area contributed by atoms with Crippen LogP contribution in [0.3, 0.4) is 0 Å². The van der Waals surface area contributed by atoms with E-state index in [0.717, 1.165) is 6.29 Å². The molecule has 5 nitrogen and oxygen atoms in total. The summed E-state index contributed by atoms with van der Waals surface area (Å²) in [5.74, 6) is 1.10. The molecule has 23 heavy (non-hydrogen) atoms. The van der Waals surface area contributed by atoms with Crippen molar-refractivity contribution in [1.29, 1.82) is 0 Å². The molecule has 1 aromatic heterocycles. The van der Waals surface area contributed by atoms with E-state index < -0.39 is 0 Å². The summed E-state index contributed by atoms with van der Waals surface area (Å²) in [6.07, 6.45) is 1.65. The molecule has 0 radical (unpaired) electrons. The van der Waals surface area contributed by atoms with Crippen LogP contribution < -0.4 is 9.47 Å². The van der Waals surface area contributed by atoms with Gasteiger partial charge >= 0.3 is 0 Å². The maximum absolute atomic E-state index is 11.4. The highest BCUT2D eigenvalue weighted by Gasteiger charge is 2.18. The van der Waals surface area contributed by atoms with Crippen LogP contribution in [0.2, 0.25) is 0 Å². The highest BCUT2D eigenvalue weighted by molar-refractivity contribution is 8.00. The molecule has 0 amide bonds. The minimum absolute atomic E-state index is 0.234. The predicted octanol–water partition coefficient (Wildman–Crippen LogP) is 3.35. The van der Waals surface area contributed by atoms with Gasteiger partial charge in [0.1, 0.15) is 6.29 Å². The maximum atomic E-state index is 11.4. The van der Waals surface area contributed by atoms with Crippen LogP contribution in [0.15, 0.2) is 41.6 Å². The second-order valence-corrected chi connectivity index (χ2v) is 6.28. The van der Waals surface area contributed by atoms with Crippen molar-refractivity contribution in [3.05, 3.63) is 42.0 Å². The molecule has 2 aromatic rings. The number of aromatic nitrogens is 2. The summed E-state index contributed by atoms with van der Waals surface area (Å²) in [5.41, 5.74) is 1.21. The molecule has 0 aliphatic rings. The Bertz CT molecular complexity index is 615. The molecule has 1 heterocycles. The van der Waals surface area contributed by atoms with Crippen molar-refractivity contribution in [2.45, 2.75) is 29.7 Å². The van der Waals surface area contributed by atoms with Gasteiger partial charge in [-0.2, -0.15) is 9.97 Å². The number of hydrogen-bond donors (Lipinski definition) is 0. The number of nitrogens with zero attached hydrogens (tertiary/aromatic N) is 2. The van der Waals surface area contributed by atoms with Gasteiger partial charge in [-0.1, -0.05) is 49.0 Å². The molecule has 2 atom stereocenters. The summed E-state index contributed by atoms with van der Waals surface area (Å²) in [7, 11) is 3.07. The largest absolute Gasteiger partial charge is 0.481 e. The zero-order chi connectivity index (χ0) is 16.7. The fourth-order valence-corrected chi connectivity index (χ4v) is 3.18. The van der Waals surface area contributed by atoms with Gasteiger partial charge in [-0.15, -0.1) is 0 Å². The summed E-state index contributed by atoms with van der Waals surface area (Å²) in [5, 5.41) is 0.237. The Hall–Kier alpha value is -2.08. The van der Waals surface area contributed by atoms with Gasteiger partial charge in [-0.3, -0.25) is 0 Å². The van der Waals surface area contributed by atoms with Crippen molar-refractivity contribution >= 4 is 18.0 Å². The lowest BCUT2D eigenvalue weighted by atomic mass is 9.96. The predicted molar refractivity (Wildman–Crippen MR) is 90.3 cm³/mol. The first-order valence-electron chi connectivity index (χ1n) is 7.30. The van der Waals surface area contributed by atoms with Gasteiger partial charge in [-0.05, 0) is 17.9 Å². The normalized spacial score (nSPS) is 13.2. The van der Waals surface area contributed by atoms with Crippen LogP contribution in [0.1, 0.15) is 24.8 Å². The van der Waals surface area contributed by atoms with E-state index >= 15 is 0 Å². The van der Waals surface area contributed by atoms with E-state index in [0.29, 0.717) is 23.3 Å². The lowest BCUT2D eigenvalue weighted by Crippen LogP contribution is -2.10. The van der Waals surface area contributed by atoms with Crippen molar-refractivity contribution in [3.8, 4) is 11.8 Å². The number of methoxy groups -OCH3 is 2. The molecular weight excluding hydrogens is 312 g/mol. The van der Waals surface area contributed by atoms with Crippen molar-refractivity contribution < 1.29 is 14.3 Å². The van der Waals surface area contributed by atoms with Crippen LogP contribution in [-0.2, 0) is 4.79 Å². The quantitative estimate of drug-likeness (QED) is 0.420. The van der Waals surface area contributed by atoms with E-state index in [1.165, 1.54) is 31.5 Å². The van der Waals surface area contributed by atoms with E-state index in [2.05, 4.69) is 29.0 Å². The van der Waals surface area contributed by atoms with Gasteiger partial charge in [0, 0.05) is 0 Å². The van der Waals surface area contributed by atoms with Crippen LogP contribution in [-0.4, -0.2) is 35.7 Å². The van der Waals surface area contributed by atoms with Crippen molar-refractivity contribution in [1.82, 2.24) is 9.97 Å². The molecular formula is C17H20N2O3S. The summed E-state index contributed by atoms with van der Waals surface area (Å²) >= 11 is 1.32. The Balaban J connectivity index is 2.09. The number of thioether (sulfide) groups is 1. The van der Waals surface area contributed by atoms with Crippen molar-refractivity contribution in [3.63, 3.8) is 0 Å². The Morgan fingerprint density at radius 1 is 1.13 bits per heavy atom. The van der Waals surface area contributed by atoms with Gasteiger partial charge in [0.2, 0.25) is 11.8 Å². The lowest BCUT2D eigenvalue weighted by molar-refractivity contribution is -0.107. The molecule has 0 saturated heterocycles. The molecule has 1 aromatic carbocycles. The molecule has 2 unspecified atom stereocenters. The molecule has 0 fully saturated rings. The van der Waals surface area contributed by atoms with Crippen LogP contribution in [0.4, 0.5) is 0 Å². The van der Waals surface area contributed by atoms with Crippen molar-refractivity contribution in [2.75, 3.05) is 14.2 Å². The number of rotatable bonds is 8. The molecule has 2 rings (SSSR count). The number of carbonyl (C=O) groups excluding carboxylic acids is 1.